The van der Waals surface area contributed by atoms with E-state index in [4.69, 9.17) is 0 Å². The molecule has 1 fully saturated rings. The maximum absolute atomic E-state index is 12.9. The summed E-state index contributed by atoms with van der Waals surface area (Å²) in [5, 5.41) is 2.93. The Labute approximate surface area is 117 Å². The molecule has 1 atom stereocenters. The molecule has 2 rings (SSSR count). The highest BCUT2D eigenvalue weighted by Gasteiger charge is 2.33. The highest BCUT2D eigenvalue weighted by molar-refractivity contribution is 9.10. The quantitative estimate of drug-likeness (QED) is 0.861. The van der Waals surface area contributed by atoms with E-state index in [1.165, 1.54) is 6.07 Å². The zero-order valence-electron chi connectivity index (χ0n) is 9.56. The topological polar surface area (TPSA) is 12.0 Å². The Bertz CT molecular complexity index is 416. The van der Waals surface area contributed by atoms with Crippen molar-refractivity contribution in [2.75, 3.05) is 23.4 Å². The van der Waals surface area contributed by atoms with Crippen molar-refractivity contribution in [3.05, 3.63) is 28.2 Å². The van der Waals surface area contributed by atoms with Crippen LogP contribution in [0.2, 0.25) is 0 Å². The van der Waals surface area contributed by atoms with Crippen molar-refractivity contribution in [1.29, 1.82) is 0 Å². The molecule has 1 aliphatic heterocycles. The second-order valence-corrected chi connectivity index (χ2v) is 6.36. The molecule has 0 amide bonds. The van der Waals surface area contributed by atoms with Crippen LogP contribution in [0.15, 0.2) is 22.7 Å². The zero-order chi connectivity index (χ0) is 13.2. The predicted molar refractivity (Wildman–Crippen MR) is 73.1 cm³/mol. The lowest BCUT2D eigenvalue weighted by Gasteiger charge is -2.17. The van der Waals surface area contributed by atoms with Gasteiger partial charge in [-0.1, -0.05) is 15.9 Å². The summed E-state index contributed by atoms with van der Waals surface area (Å²) in [7, 11) is 0. The average Bonchev–Trinajstić information content (AvgIpc) is 2.79. The second-order valence-electron chi connectivity index (χ2n) is 4.30. The van der Waals surface area contributed by atoms with Crippen molar-refractivity contribution >= 4 is 33.4 Å². The van der Waals surface area contributed by atoms with Crippen LogP contribution in [0.1, 0.15) is 12.0 Å². The Morgan fingerprint density at radius 3 is 2.78 bits per heavy atom. The van der Waals surface area contributed by atoms with Crippen LogP contribution >= 0.6 is 27.7 Å². The van der Waals surface area contributed by atoms with Gasteiger partial charge in [-0.25, -0.2) is 0 Å². The van der Waals surface area contributed by atoms with Crippen LogP contribution in [-0.2, 0) is 6.18 Å². The van der Waals surface area contributed by atoms with Crippen molar-refractivity contribution < 1.29 is 13.2 Å². The van der Waals surface area contributed by atoms with Gasteiger partial charge in [-0.3, -0.25) is 0 Å². The fourth-order valence-electron chi connectivity index (χ4n) is 1.90. The normalized spacial score (nSPS) is 20.1. The third kappa shape index (κ3) is 3.57. The van der Waals surface area contributed by atoms with Crippen molar-refractivity contribution in [2.45, 2.75) is 12.6 Å². The van der Waals surface area contributed by atoms with Crippen LogP contribution in [0.3, 0.4) is 0 Å². The molecule has 0 spiro atoms. The molecule has 1 aromatic carbocycles. The molecule has 0 aliphatic carbocycles. The van der Waals surface area contributed by atoms with E-state index in [-0.39, 0.29) is 5.69 Å². The van der Waals surface area contributed by atoms with Gasteiger partial charge in [0, 0.05) is 16.7 Å². The molecular formula is C12H13BrF3NS. The Morgan fingerprint density at radius 2 is 2.17 bits per heavy atom. The third-order valence-corrected chi connectivity index (χ3v) is 4.62. The first-order valence-corrected chi connectivity index (χ1v) is 7.60. The summed E-state index contributed by atoms with van der Waals surface area (Å²) in [6.07, 6.45) is -3.24. The number of rotatable bonds is 3. The number of anilines is 1. The summed E-state index contributed by atoms with van der Waals surface area (Å²) in [6.45, 7) is 0.609. The highest BCUT2D eigenvalue weighted by atomic mass is 79.9. The van der Waals surface area contributed by atoms with Crippen molar-refractivity contribution in [2.24, 2.45) is 5.92 Å². The van der Waals surface area contributed by atoms with Crippen LogP contribution in [0.25, 0.3) is 0 Å². The lowest BCUT2D eigenvalue weighted by atomic mass is 10.1. The minimum Gasteiger partial charge on any atom is -0.384 e. The number of hydrogen-bond donors (Lipinski definition) is 1. The molecule has 0 saturated carbocycles. The molecule has 1 saturated heterocycles. The van der Waals surface area contributed by atoms with E-state index in [9.17, 15) is 13.2 Å². The predicted octanol–water partition coefficient (Wildman–Crippen LogP) is 4.63. The van der Waals surface area contributed by atoms with Gasteiger partial charge >= 0.3 is 6.18 Å². The summed E-state index contributed by atoms with van der Waals surface area (Å²) >= 11 is 4.93. The van der Waals surface area contributed by atoms with Gasteiger partial charge in [0.1, 0.15) is 0 Å². The molecule has 0 radical (unpaired) electrons. The Balaban J connectivity index is 2.11. The molecule has 6 heteroatoms. The van der Waals surface area contributed by atoms with E-state index in [2.05, 4.69) is 21.2 Å². The summed E-state index contributed by atoms with van der Waals surface area (Å²) in [5.74, 6) is 2.61. The molecule has 1 nitrogen and oxygen atoms in total. The number of thioether (sulfide) groups is 1. The molecule has 1 aliphatic rings. The number of alkyl halides is 3. The monoisotopic (exact) mass is 339 g/mol. The van der Waals surface area contributed by atoms with Crippen LogP contribution < -0.4 is 5.32 Å². The van der Waals surface area contributed by atoms with Crippen molar-refractivity contribution in [3.63, 3.8) is 0 Å². The minimum absolute atomic E-state index is 0.169. The molecular weight excluding hydrogens is 327 g/mol. The van der Waals surface area contributed by atoms with Gasteiger partial charge < -0.3 is 5.32 Å². The van der Waals surface area contributed by atoms with Crippen molar-refractivity contribution in [3.8, 4) is 0 Å². The molecule has 1 N–H and O–H groups in total. The smallest absolute Gasteiger partial charge is 0.384 e. The van der Waals surface area contributed by atoms with Gasteiger partial charge in [-0.05, 0) is 42.0 Å². The standard InChI is InChI=1S/C12H13BrF3NS/c13-9-1-2-11(10(5-9)12(14,15)16)17-6-8-3-4-18-7-8/h1-2,5,8,17H,3-4,6-7H2. The number of hydrogen-bond acceptors (Lipinski definition) is 2. The minimum atomic E-state index is -4.32. The number of nitrogens with one attached hydrogen (secondary N) is 1. The van der Waals surface area contributed by atoms with Gasteiger partial charge in [0.25, 0.3) is 0 Å². The van der Waals surface area contributed by atoms with Crippen molar-refractivity contribution in [1.82, 2.24) is 0 Å². The fourth-order valence-corrected chi connectivity index (χ4v) is 3.55. The van der Waals surface area contributed by atoms with Crippen LogP contribution in [0.4, 0.5) is 18.9 Å². The first-order valence-electron chi connectivity index (χ1n) is 5.65. The van der Waals surface area contributed by atoms with E-state index >= 15 is 0 Å². The Hall–Kier alpha value is -0.360. The lowest BCUT2D eigenvalue weighted by Crippen LogP contribution is -2.17. The van der Waals surface area contributed by atoms with E-state index < -0.39 is 11.7 Å². The van der Waals surface area contributed by atoms with Gasteiger partial charge in [0.15, 0.2) is 0 Å². The lowest BCUT2D eigenvalue weighted by molar-refractivity contribution is -0.137. The van der Waals surface area contributed by atoms with E-state index in [1.54, 1.807) is 6.07 Å². The van der Waals surface area contributed by atoms with E-state index in [0.29, 0.717) is 16.9 Å². The zero-order valence-corrected chi connectivity index (χ0v) is 12.0. The third-order valence-electron chi connectivity index (χ3n) is 2.89. The fraction of sp³-hybridized carbons (Fsp3) is 0.500. The van der Waals surface area contributed by atoms with Gasteiger partial charge in [-0.2, -0.15) is 24.9 Å². The average molecular weight is 340 g/mol. The summed E-state index contributed by atoms with van der Waals surface area (Å²) in [5.41, 5.74) is -0.440. The SMILES string of the molecule is FC(F)(F)c1cc(Br)ccc1NCC1CCSC1. The largest absolute Gasteiger partial charge is 0.418 e. The van der Waals surface area contributed by atoms with Crippen LogP contribution in [-0.4, -0.2) is 18.1 Å². The first-order chi connectivity index (χ1) is 8.47. The van der Waals surface area contributed by atoms with Gasteiger partial charge in [0.2, 0.25) is 0 Å². The van der Waals surface area contributed by atoms with Crippen LogP contribution in [0.5, 0.6) is 0 Å². The number of benzene rings is 1. The molecule has 0 bridgehead atoms. The first kappa shape index (κ1) is 14.1. The molecule has 1 aromatic rings. The summed E-state index contributed by atoms with van der Waals surface area (Å²) < 4.78 is 39.0. The highest BCUT2D eigenvalue weighted by Crippen LogP contribution is 2.37. The van der Waals surface area contributed by atoms with Gasteiger partial charge in [0.05, 0.1) is 5.56 Å². The van der Waals surface area contributed by atoms with Crippen LogP contribution in [0, 0.1) is 5.92 Å². The molecule has 1 unspecified atom stereocenters. The van der Waals surface area contributed by atoms with E-state index in [0.717, 1.165) is 24.0 Å². The Kier molecular flexibility index (Phi) is 4.48. The summed E-state index contributed by atoms with van der Waals surface area (Å²) in [6, 6.07) is 4.22. The molecule has 18 heavy (non-hydrogen) atoms. The summed E-state index contributed by atoms with van der Waals surface area (Å²) in [4.78, 5) is 0. The van der Waals surface area contributed by atoms with Gasteiger partial charge in [-0.15, -0.1) is 0 Å². The Morgan fingerprint density at radius 1 is 1.39 bits per heavy atom. The second kappa shape index (κ2) is 5.74. The molecule has 1 heterocycles. The van der Waals surface area contributed by atoms with E-state index in [1.807, 2.05) is 11.8 Å². The molecule has 0 aromatic heterocycles. The number of halogens is 4. The maximum atomic E-state index is 12.9. The maximum Gasteiger partial charge on any atom is 0.418 e. The molecule has 100 valence electrons.